The first kappa shape index (κ1) is 31.2. The summed E-state index contributed by atoms with van der Waals surface area (Å²) in [6.45, 7) is 4.53. The van der Waals surface area contributed by atoms with E-state index in [2.05, 4.69) is 4.99 Å². The zero-order valence-electron chi connectivity index (χ0n) is 23.6. The Morgan fingerprint density at radius 3 is 2.05 bits per heavy atom. The number of hydrogen-bond donors (Lipinski definition) is 0. The molecular weight excluding hydrogens is 568 g/mol. The van der Waals surface area contributed by atoms with Crippen LogP contribution >= 0.6 is 11.8 Å². The molecule has 0 spiro atoms. The lowest BCUT2D eigenvalue weighted by atomic mass is 10.0. The van der Waals surface area contributed by atoms with Crippen molar-refractivity contribution in [2.24, 2.45) is 4.99 Å². The summed E-state index contributed by atoms with van der Waals surface area (Å²) >= 11 is 1.31. The maximum Gasteiger partial charge on any atom is 0.416 e. The number of hydrazine groups is 1. The molecule has 3 aromatic rings. The summed E-state index contributed by atoms with van der Waals surface area (Å²) in [5.41, 5.74) is 2.46. The maximum absolute atomic E-state index is 13.5. The molecule has 1 aliphatic heterocycles. The minimum Gasteiger partial charge on any atom is -0.337 e. The number of carbonyl (C=O) groups excluding carboxylic acids is 2. The van der Waals surface area contributed by atoms with Crippen LogP contribution in [0.25, 0.3) is 11.1 Å². The van der Waals surface area contributed by atoms with Crippen molar-refractivity contribution in [1.29, 1.82) is 0 Å². The molecule has 1 aliphatic rings. The fraction of sp³-hybridized carbons (Fsp3) is 0.323. The van der Waals surface area contributed by atoms with Crippen LogP contribution in [0, 0.1) is 5.82 Å². The Kier molecular flexibility index (Phi) is 10.1. The Labute approximate surface area is 247 Å². The van der Waals surface area contributed by atoms with Crippen LogP contribution in [0.1, 0.15) is 37.0 Å². The van der Waals surface area contributed by atoms with Crippen LogP contribution in [0.5, 0.6) is 0 Å². The Hall–Kier alpha value is -3.70. The van der Waals surface area contributed by atoms with Crippen molar-refractivity contribution in [1.82, 2.24) is 14.9 Å². The van der Waals surface area contributed by atoms with E-state index in [-0.39, 0.29) is 24.2 Å². The fourth-order valence-electron chi connectivity index (χ4n) is 4.62. The topological polar surface area (TPSA) is 56.2 Å². The number of carbonyl (C=O) groups is 2. The predicted octanol–water partition coefficient (Wildman–Crippen LogP) is 6.62. The number of thioether (sulfide) groups is 1. The quantitative estimate of drug-likeness (QED) is 0.259. The molecule has 0 saturated carbocycles. The minimum absolute atomic E-state index is 0.0208. The second kappa shape index (κ2) is 13.5. The number of hydrogen-bond acceptors (Lipinski definition) is 5. The lowest BCUT2D eigenvalue weighted by molar-refractivity contribution is -0.140. The van der Waals surface area contributed by atoms with E-state index < -0.39 is 17.8 Å². The van der Waals surface area contributed by atoms with Crippen LogP contribution in [-0.2, 0) is 28.1 Å². The van der Waals surface area contributed by atoms with Crippen molar-refractivity contribution >= 4 is 28.7 Å². The second-order valence-corrected chi connectivity index (χ2v) is 10.8. The monoisotopic (exact) mass is 600 g/mol. The van der Waals surface area contributed by atoms with Gasteiger partial charge in [0, 0.05) is 25.9 Å². The molecule has 0 fully saturated rings. The lowest BCUT2D eigenvalue weighted by Gasteiger charge is -2.41. The first-order chi connectivity index (χ1) is 20.0. The van der Waals surface area contributed by atoms with E-state index in [1.807, 2.05) is 38.1 Å². The van der Waals surface area contributed by atoms with Crippen LogP contribution in [0.4, 0.5) is 17.6 Å². The summed E-state index contributed by atoms with van der Waals surface area (Å²) in [6.07, 6.45) is -3.86. The van der Waals surface area contributed by atoms with Crippen LogP contribution in [-0.4, -0.2) is 58.1 Å². The number of rotatable bonds is 9. The Balaban J connectivity index is 1.45. The normalized spacial score (nSPS) is 16.0. The van der Waals surface area contributed by atoms with E-state index >= 15 is 0 Å². The van der Waals surface area contributed by atoms with Crippen molar-refractivity contribution < 1.29 is 27.2 Å². The number of nitrogens with zero attached hydrogens (tertiary/aromatic N) is 4. The minimum atomic E-state index is -4.39. The highest BCUT2D eigenvalue weighted by molar-refractivity contribution is 8.13. The number of amidine groups is 1. The van der Waals surface area contributed by atoms with Gasteiger partial charge in [-0.1, -0.05) is 67.2 Å². The van der Waals surface area contributed by atoms with Gasteiger partial charge < -0.3 is 4.90 Å². The molecule has 0 aliphatic carbocycles. The average Bonchev–Trinajstić information content (AvgIpc) is 2.97. The SMILES string of the molecule is CCC1C(=O)N=C(SCc2ccc(F)cc2)N(CC(=O)N(CC)Cc2ccc(-c3ccc(C(F)(F)F)cc3)cc2)N1C. The molecule has 4 rings (SSSR count). The highest BCUT2D eigenvalue weighted by Gasteiger charge is 2.35. The molecule has 0 radical (unpaired) electrons. The number of amides is 2. The number of alkyl halides is 3. The van der Waals surface area contributed by atoms with E-state index in [4.69, 9.17) is 0 Å². The van der Waals surface area contributed by atoms with Crippen LogP contribution in [0.15, 0.2) is 77.8 Å². The molecule has 0 N–H and O–H groups in total. The van der Waals surface area contributed by atoms with E-state index in [1.54, 1.807) is 34.1 Å². The van der Waals surface area contributed by atoms with Gasteiger partial charge in [0.05, 0.1) is 5.56 Å². The van der Waals surface area contributed by atoms with Crippen molar-refractivity contribution in [3.8, 4) is 11.1 Å². The third kappa shape index (κ3) is 7.57. The summed E-state index contributed by atoms with van der Waals surface area (Å²) in [6, 6.07) is 18.0. The van der Waals surface area contributed by atoms with Crippen molar-refractivity contribution in [3.63, 3.8) is 0 Å². The lowest BCUT2D eigenvalue weighted by Crippen LogP contribution is -2.57. The molecule has 3 aromatic carbocycles. The third-order valence-electron chi connectivity index (χ3n) is 7.10. The Morgan fingerprint density at radius 2 is 1.50 bits per heavy atom. The van der Waals surface area contributed by atoms with Gasteiger partial charge in [0.15, 0.2) is 5.17 Å². The van der Waals surface area contributed by atoms with Crippen molar-refractivity contribution in [3.05, 3.63) is 95.3 Å². The molecule has 0 saturated heterocycles. The molecule has 11 heteroatoms. The zero-order valence-corrected chi connectivity index (χ0v) is 24.4. The van der Waals surface area contributed by atoms with Gasteiger partial charge in [-0.2, -0.15) is 18.2 Å². The van der Waals surface area contributed by atoms with Gasteiger partial charge in [-0.3, -0.25) is 14.6 Å². The standard InChI is InChI=1S/C31H32F4N4O2S/c1-4-27-29(41)36-30(42-20-22-8-16-26(32)17-9-22)39(37(27)3)19-28(40)38(5-2)18-21-6-10-23(11-7-21)24-12-14-25(15-13-24)31(33,34)35/h6-17,27H,4-5,18-20H2,1-3H3. The Bertz CT molecular complexity index is 1410. The van der Waals surface area contributed by atoms with E-state index in [0.717, 1.165) is 28.8 Å². The predicted molar refractivity (Wildman–Crippen MR) is 157 cm³/mol. The fourth-order valence-corrected chi connectivity index (χ4v) is 5.61. The van der Waals surface area contributed by atoms with Gasteiger partial charge in [-0.15, -0.1) is 0 Å². The van der Waals surface area contributed by atoms with Gasteiger partial charge in [0.2, 0.25) is 5.91 Å². The van der Waals surface area contributed by atoms with Crippen LogP contribution in [0.3, 0.4) is 0 Å². The van der Waals surface area contributed by atoms with Crippen molar-refractivity contribution in [2.45, 2.75) is 44.8 Å². The number of likely N-dealkylation sites (N-methyl/N-ethyl adjacent to an activating group) is 2. The maximum atomic E-state index is 13.5. The molecule has 0 bridgehead atoms. The van der Waals surface area contributed by atoms with Crippen LogP contribution in [0.2, 0.25) is 0 Å². The molecule has 6 nitrogen and oxygen atoms in total. The first-order valence-electron chi connectivity index (χ1n) is 13.5. The molecule has 42 heavy (non-hydrogen) atoms. The van der Waals surface area contributed by atoms with Gasteiger partial charge in [0.25, 0.3) is 5.91 Å². The first-order valence-corrected chi connectivity index (χ1v) is 14.5. The highest BCUT2D eigenvalue weighted by Crippen LogP contribution is 2.31. The van der Waals surface area contributed by atoms with Crippen molar-refractivity contribution in [2.75, 3.05) is 20.1 Å². The largest absolute Gasteiger partial charge is 0.416 e. The van der Waals surface area contributed by atoms with E-state index in [1.165, 1.54) is 36.0 Å². The highest BCUT2D eigenvalue weighted by atomic mass is 32.2. The number of halogens is 4. The molecule has 1 heterocycles. The number of aliphatic imine (C=N–C) groups is 1. The summed E-state index contributed by atoms with van der Waals surface area (Å²) in [4.78, 5) is 32.2. The zero-order chi connectivity index (χ0) is 30.4. The summed E-state index contributed by atoms with van der Waals surface area (Å²) in [5, 5.41) is 3.89. The molecule has 222 valence electrons. The number of benzene rings is 3. The summed E-state index contributed by atoms with van der Waals surface area (Å²) < 4.78 is 52.0. The molecule has 2 amide bonds. The summed E-state index contributed by atoms with van der Waals surface area (Å²) in [5.74, 6) is -0.313. The molecular formula is C31H32F4N4O2S. The van der Waals surface area contributed by atoms with Gasteiger partial charge >= 0.3 is 6.18 Å². The molecule has 0 aromatic heterocycles. The Morgan fingerprint density at radius 1 is 0.929 bits per heavy atom. The van der Waals surface area contributed by atoms with Gasteiger partial charge in [-0.05, 0) is 59.9 Å². The van der Waals surface area contributed by atoms with Gasteiger partial charge in [-0.25, -0.2) is 9.40 Å². The smallest absolute Gasteiger partial charge is 0.337 e. The average molecular weight is 601 g/mol. The van der Waals surface area contributed by atoms with Crippen LogP contribution < -0.4 is 0 Å². The molecule has 1 atom stereocenters. The van der Waals surface area contributed by atoms with E-state index in [0.29, 0.717) is 36.0 Å². The second-order valence-electron chi connectivity index (χ2n) is 9.88. The summed E-state index contributed by atoms with van der Waals surface area (Å²) in [7, 11) is 1.77. The third-order valence-corrected chi connectivity index (χ3v) is 8.14. The van der Waals surface area contributed by atoms with E-state index in [9.17, 15) is 27.2 Å². The van der Waals surface area contributed by atoms with Gasteiger partial charge in [0.1, 0.15) is 18.4 Å². The molecule has 1 unspecified atom stereocenters.